The van der Waals surface area contributed by atoms with Gasteiger partial charge in [-0.2, -0.15) is 10.2 Å². The van der Waals surface area contributed by atoms with Crippen molar-refractivity contribution in [3.63, 3.8) is 0 Å². The van der Waals surface area contributed by atoms with Crippen LogP contribution in [0.4, 0.5) is 10.6 Å². The lowest BCUT2D eigenvalue weighted by Gasteiger charge is -2.24. The molecule has 10 heteroatoms. The van der Waals surface area contributed by atoms with E-state index in [1.54, 1.807) is 10.9 Å². The number of primary amides is 1. The van der Waals surface area contributed by atoms with Crippen LogP contribution in [0.25, 0.3) is 33.1 Å². The number of rotatable bonds is 5. The van der Waals surface area contributed by atoms with Crippen LogP contribution < -0.4 is 11.5 Å². The summed E-state index contributed by atoms with van der Waals surface area (Å²) in [7, 11) is 0. The summed E-state index contributed by atoms with van der Waals surface area (Å²) in [6.45, 7) is 1.26. The lowest BCUT2D eigenvalue weighted by atomic mass is 10.1. The number of anilines is 1. The Bertz CT molecular complexity index is 1260. The number of carbonyl (C=O) groups excluding carboxylic acids is 1. The lowest BCUT2D eigenvalue weighted by molar-refractivity contribution is -0.0383. The molecule has 31 heavy (non-hydrogen) atoms. The Morgan fingerprint density at radius 1 is 1.26 bits per heavy atom. The summed E-state index contributed by atoms with van der Waals surface area (Å²) in [5, 5.41) is 10.8. The van der Waals surface area contributed by atoms with Crippen LogP contribution in [0, 0.1) is 0 Å². The molecule has 4 heterocycles. The number of fused-ring (bicyclic) bond motifs is 3. The number of benzene rings is 1. The van der Waals surface area contributed by atoms with E-state index in [9.17, 15) is 4.79 Å². The van der Waals surface area contributed by atoms with Crippen molar-refractivity contribution in [2.75, 3.05) is 18.9 Å². The van der Waals surface area contributed by atoms with Crippen LogP contribution in [0.15, 0.2) is 36.7 Å². The molecule has 0 aliphatic carbocycles. The monoisotopic (exact) mass is 421 g/mol. The second kappa shape index (κ2) is 7.88. The highest BCUT2D eigenvalue weighted by Crippen LogP contribution is 2.32. The highest BCUT2D eigenvalue weighted by atomic mass is 16.5. The zero-order valence-corrected chi connectivity index (χ0v) is 16.9. The van der Waals surface area contributed by atoms with Gasteiger partial charge >= 0.3 is 6.09 Å². The van der Waals surface area contributed by atoms with Gasteiger partial charge in [-0.25, -0.2) is 14.5 Å². The fourth-order valence-corrected chi connectivity index (χ4v) is 4.04. The van der Waals surface area contributed by atoms with Gasteiger partial charge in [0.2, 0.25) is 0 Å². The molecule has 0 saturated carbocycles. The molecule has 1 unspecified atom stereocenters. The zero-order chi connectivity index (χ0) is 21.4. The maximum Gasteiger partial charge on any atom is 0.404 e. The number of ether oxygens (including phenoxy) is 2. The Balaban J connectivity index is 1.51. The van der Waals surface area contributed by atoms with Crippen molar-refractivity contribution in [1.29, 1.82) is 0 Å². The molecular formula is C21H23N7O3. The molecule has 0 spiro atoms. The number of nitrogen functional groups attached to an aromatic ring is 1. The summed E-state index contributed by atoms with van der Waals surface area (Å²) in [6.07, 6.45) is 5.98. The largest absolute Gasteiger partial charge is 0.448 e. The smallest absolute Gasteiger partial charge is 0.404 e. The first-order valence-electron chi connectivity index (χ1n) is 10.2. The van der Waals surface area contributed by atoms with Crippen molar-refractivity contribution in [3.05, 3.63) is 36.7 Å². The number of amides is 1. The summed E-state index contributed by atoms with van der Waals surface area (Å²) in [5.74, 6) is 0.346. The predicted molar refractivity (Wildman–Crippen MR) is 115 cm³/mol. The van der Waals surface area contributed by atoms with Gasteiger partial charge in [0, 0.05) is 35.3 Å². The van der Waals surface area contributed by atoms with Gasteiger partial charge < -0.3 is 20.9 Å². The fourth-order valence-electron chi connectivity index (χ4n) is 4.04. The van der Waals surface area contributed by atoms with Crippen molar-refractivity contribution >= 4 is 33.7 Å². The van der Waals surface area contributed by atoms with Gasteiger partial charge in [0.05, 0.1) is 17.8 Å². The van der Waals surface area contributed by atoms with E-state index in [0.717, 1.165) is 53.4 Å². The maximum atomic E-state index is 10.8. The van der Waals surface area contributed by atoms with Gasteiger partial charge in [-0.3, -0.25) is 4.68 Å². The van der Waals surface area contributed by atoms with Crippen LogP contribution in [0.5, 0.6) is 0 Å². The minimum Gasteiger partial charge on any atom is -0.448 e. The Labute approximate surface area is 177 Å². The molecule has 0 radical (unpaired) electrons. The van der Waals surface area contributed by atoms with E-state index in [-0.39, 0.29) is 12.8 Å². The minimum absolute atomic E-state index is 0.0455. The molecule has 4 aromatic rings. The van der Waals surface area contributed by atoms with Crippen LogP contribution in [0.1, 0.15) is 25.5 Å². The number of carbonyl (C=O) groups is 1. The summed E-state index contributed by atoms with van der Waals surface area (Å²) >= 11 is 0. The lowest BCUT2D eigenvalue weighted by Crippen LogP contribution is -2.19. The Kier molecular flexibility index (Phi) is 4.91. The number of hydrogen-bond acceptors (Lipinski definition) is 7. The Morgan fingerprint density at radius 2 is 2.16 bits per heavy atom. The van der Waals surface area contributed by atoms with E-state index in [4.69, 9.17) is 20.9 Å². The molecule has 10 nitrogen and oxygen atoms in total. The molecule has 1 aliphatic heterocycles. The third-order valence-corrected chi connectivity index (χ3v) is 5.49. The van der Waals surface area contributed by atoms with Crippen molar-refractivity contribution in [1.82, 2.24) is 24.5 Å². The zero-order valence-electron chi connectivity index (χ0n) is 16.9. The molecule has 3 aromatic heterocycles. The summed E-state index contributed by atoms with van der Waals surface area (Å²) in [4.78, 5) is 15.3. The van der Waals surface area contributed by atoms with Gasteiger partial charge in [0.1, 0.15) is 12.1 Å². The number of nitrogens with two attached hydrogens (primary N) is 2. The van der Waals surface area contributed by atoms with E-state index >= 15 is 0 Å². The van der Waals surface area contributed by atoms with Gasteiger partial charge in [-0.1, -0.05) is 12.1 Å². The molecule has 1 fully saturated rings. The first kappa shape index (κ1) is 19.3. The summed E-state index contributed by atoms with van der Waals surface area (Å²) < 4.78 is 14.3. The van der Waals surface area contributed by atoms with E-state index in [0.29, 0.717) is 17.9 Å². The summed E-state index contributed by atoms with van der Waals surface area (Å²) in [6, 6.07) is 8.06. The molecule has 160 valence electrons. The second-order valence-corrected chi connectivity index (χ2v) is 7.53. The predicted octanol–water partition coefficient (Wildman–Crippen LogP) is 2.82. The molecule has 5 rings (SSSR count). The van der Waals surface area contributed by atoms with Crippen molar-refractivity contribution in [2.24, 2.45) is 5.73 Å². The standard InChI is InChI=1S/C21H23N7O3/c22-20-19-15(12-27(26-19)8-10-31-21(23)29)14-5-4-13(11-16(14)25-20)17-6-7-24-28(17)18-3-1-2-9-30-18/h4-7,11-12,18H,1-3,8-10H2,(H2,22,25)(H2,23,29). The molecule has 1 amide bonds. The SMILES string of the molecule is NC(=O)OCCn1cc2c(n1)c(N)nc1cc(-c3ccnn3C3CCCCO3)ccc12. The quantitative estimate of drug-likeness (QED) is 0.505. The van der Waals surface area contributed by atoms with Crippen LogP contribution in [-0.2, 0) is 16.0 Å². The van der Waals surface area contributed by atoms with Crippen LogP contribution in [-0.4, -0.2) is 43.9 Å². The molecule has 1 aliphatic rings. The second-order valence-electron chi connectivity index (χ2n) is 7.53. The normalized spacial score (nSPS) is 16.7. The van der Waals surface area contributed by atoms with E-state index in [1.165, 1.54) is 0 Å². The first-order valence-corrected chi connectivity index (χ1v) is 10.2. The summed E-state index contributed by atoms with van der Waals surface area (Å²) in [5.41, 5.74) is 14.6. The number of aromatic nitrogens is 5. The van der Waals surface area contributed by atoms with Crippen LogP contribution in [0.3, 0.4) is 0 Å². The highest BCUT2D eigenvalue weighted by molar-refractivity contribution is 6.08. The first-order chi connectivity index (χ1) is 15.1. The van der Waals surface area contributed by atoms with Gasteiger partial charge in [0.25, 0.3) is 0 Å². The minimum atomic E-state index is -0.811. The van der Waals surface area contributed by atoms with Gasteiger partial charge in [-0.15, -0.1) is 0 Å². The Hall–Kier alpha value is -3.66. The topological polar surface area (TPSA) is 136 Å². The van der Waals surface area contributed by atoms with Crippen LogP contribution in [0.2, 0.25) is 0 Å². The van der Waals surface area contributed by atoms with Crippen LogP contribution >= 0.6 is 0 Å². The third kappa shape index (κ3) is 3.66. The van der Waals surface area contributed by atoms with Crippen molar-refractivity contribution in [2.45, 2.75) is 32.0 Å². The number of nitrogens with zero attached hydrogens (tertiary/aromatic N) is 5. The average Bonchev–Trinajstić information content (AvgIpc) is 3.42. The van der Waals surface area contributed by atoms with Gasteiger partial charge in [0.15, 0.2) is 12.0 Å². The Morgan fingerprint density at radius 3 is 2.97 bits per heavy atom. The molecular weight excluding hydrogens is 398 g/mol. The highest BCUT2D eigenvalue weighted by Gasteiger charge is 2.20. The fraction of sp³-hybridized carbons (Fsp3) is 0.333. The number of pyridine rings is 1. The molecule has 1 saturated heterocycles. The van der Waals surface area contributed by atoms with E-state index in [2.05, 4.69) is 15.2 Å². The molecule has 0 bridgehead atoms. The van der Waals surface area contributed by atoms with Gasteiger partial charge in [-0.05, 0) is 31.4 Å². The maximum absolute atomic E-state index is 10.8. The van der Waals surface area contributed by atoms with Crippen molar-refractivity contribution in [3.8, 4) is 11.3 Å². The van der Waals surface area contributed by atoms with Crippen molar-refractivity contribution < 1.29 is 14.3 Å². The average molecular weight is 421 g/mol. The number of hydrogen-bond donors (Lipinski definition) is 2. The molecule has 4 N–H and O–H groups in total. The third-order valence-electron chi connectivity index (χ3n) is 5.49. The molecule has 1 aromatic carbocycles. The molecule has 1 atom stereocenters. The van der Waals surface area contributed by atoms with E-state index < -0.39 is 6.09 Å². The van der Waals surface area contributed by atoms with E-state index in [1.807, 2.05) is 35.1 Å².